The number of rotatable bonds is 6. The standard InChI is InChI=1S/C19H24F2N6O/c1-2-15-12(20)7-10(9-24-15)25-18-11(17(23)28)8-13(21)19(27-18)26-16-6-4-3-5-14(16)22/h7-9,14,16H,2-6,22H2,1H3,(H2,23,28)(H2,25,26,27)/t14-,16+/m0/s1. The number of nitrogens with two attached hydrogens (primary N) is 2. The van der Waals surface area contributed by atoms with Crippen LogP contribution in [0.5, 0.6) is 0 Å². The molecule has 6 N–H and O–H groups in total. The first-order chi connectivity index (χ1) is 13.4. The molecule has 0 bridgehead atoms. The van der Waals surface area contributed by atoms with E-state index in [1.165, 1.54) is 12.3 Å². The van der Waals surface area contributed by atoms with Crippen LogP contribution >= 0.6 is 0 Å². The summed E-state index contributed by atoms with van der Waals surface area (Å²) < 4.78 is 28.5. The van der Waals surface area contributed by atoms with E-state index in [-0.39, 0.29) is 35.0 Å². The van der Waals surface area contributed by atoms with E-state index in [0.717, 1.165) is 31.7 Å². The third-order valence-corrected chi connectivity index (χ3v) is 4.90. The Labute approximate surface area is 161 Å². The fraction of sp³-hybridized carbons (Fsp3) is 0.421. The first-order valence-corrected chi connectivity index (χ1v) is 9.33. The number of nitrogens with zero attached hydrogens (tertiary/aromatic N) is 2. The molecule has 0 aromatic carbocycles. The molecule has 2 aromatic heterocycles. The van der Waals surface area contributed by atoms with E-state index in [9.17, 15) is 13.6 Å². The average Bonchev–Trinajstić information content (AvgIpc) is 2.66. The van der Waals surface area contributed by atoms with Crippen molar-refractivity contribution in [3.05, 3.63) is 41.2 Å². The summed E-state index contributed by atoms with van der Waals surface area (Å²) in [5.74, 6) is -2.06. The van der Waals surface area contributed by atoms with Crippen molar-refractivity contribution in [2.75, 3.05) is 10.6 Å². The van der Waals surface area contributed by atoms with Gasteiger partial charge >= 0.3 is 0 Å². The van der Waals surface area contributed by atoms with Crippen LogP contribution in [0.4, 0.5) is 26.1 Å². The third kappa shape index (κ3) is 4.36. The molecule has 28 heavy (non-hydrogen) atoms. The van der Waals surface area contributed by atoms with Crippen LogP contribution in [0.2, 0.25) is 0 Å². The summed E-state index contributed by atoms with van der Waals surface area (Å²) in [6, 6.07) is 2.03. The van der Waals surface area contributed by atoms with Gasteiger partial charge in [0.1, 0.15) is 11.6 Å². The van der Waals surface area contributed by atoms with Crippen molar-refractivity contribution < 1.29 is 13.6 Å². The number of carbonyl (C=O) groups is 1. The van der Waals surface area contributed by atoms with Gasteiger partial charge in [-0.05, 0) is 25.3 Å². The lowest BCUT2D eigenvalue weighted by Gasteiger charge is -2.30. The van der Waals surface area contributed by atoms with E-state index in [1.807, 2.05) is 0 Å². The normalized spacial score (nSPS) is 19.3. The van der Waals surface area contributed by atoms with Gasteiger partial charge in [-0.2, -0.15) is 0 Å². The highest BCUT2D eigenvalue weighted by Gasteiger charge is 2.24. The van der Waals surface area contributed by atoms with Gasteiger partial charge in [-0.1, -0.05) is 19.8 Å². The molecule has 0 aliphatic heterocycles. The Balaban J connectivity index is 1.92. The minimum atomic E-state index is -0.853. The van der Waals surface area contributed by atoms with Crippen molar-refractivity contribution in [1.82, 2.24) is 9.97 Å². The predicted molar refractivity (Wildman–Crippen MR) is 103 cm³/mol. The smallest absolute Gasteiger partial charge is 0.252 e. The molecule has 0 saturated heterocycles. The molecule has 3 rings (SSSR count). The topological polar surface area (TPSA) is 119 Å². The zero-order chi connectivity index (χ0) is 20.3. The van der Waals surface area contributed by atoms with Crippen molar-refractivity contribution in [3.8, 4) is 0 Å². The van der Waals surface area contributed by atoms with E-state index < -0.39 is 17.5 Å². The van der Waals surface area contributed by atoms with E-state index in [1.54, 1.807) is 6.92 Å². The number of hydrogen-bond donors (Lipinski definition) is 4. The van der Waals surface area contributed by atoms with Crippen molar-refractivity contribution in [2.24, 2.45) is 11.5 Å². The molecule has 7 nitrogen and oxygen atoms in total. The van der Waals surface area contributed by atoms with Gasteiger partial charge in [0.25, 0.3) is 5.91 Å². The minimum Gasteiger partial charge on any atom is -0.365 e. The molecule has 2 heterocycles. The minimum absolute atomic E-state index is 0.0197. The molecule has 0 radical (unpaired) electrons. The molecule has 0 spiro atoms. The largest absolute Gasteiger partial charge is 0.365 e. The van der Waals surface area contributed by atoms with Crippen molar-refractivity contribution in [1.29, 1.82) is 0 Å². The van der Waals surface area contributed by atoms with Crippen LogP contribution in [0.1, 0.15) is 48.7 Å². The zero-order valence-corrected chi connectivity index (χ0v) is 15.6. The maximum Gasteiger partial charge on any atom is 0.252 e. The highest BCUT2D eigenvalue weighted by molar-refractivity contribution is 5.98. The van der Waals surface area contributed by atoms with E-state index >= 15 is 0 Å². The Hall–Kier alpha value is -2.81. The fourth-order valence-electron chi connectivity index (χ4n) is 3.32. The Bertz CT molecular complexity index is 876. The summed E-state index contributed by atoms with van der Waals surface area (Å²) in [5, 5.41) is 5.84. The summed E-state index contributed by atoms with van der Waals surface area (Å²) in [4.78, 5) is 19.9. The van der Waals surface area contributed by atoms with Crippen LogP contribution in [0.25, 0.3) is 0 Å². The van der Waals surface area contributed by atoms with Crippen molar-refractivity contribution >= 4 is 23.2 Å². The summed E-state index contributed by atoms with van der Waals surface area (Å²) in [5.41, 5.74) is 11.9. The lowest BCUT2D eigenvalue weighted by Crippen LogP contribution is -2.43. The second kappa shape index (κ2) is 8.47. The van der Waals surface area contributed by atoms with E-state index in [0.29, 0.717) is 12.1 Å². The number of carbonyl (C=O) groups excluding carboxylic acids is 1. The van der Waals surface area contributed by atoms with E-state index in [2.05, 4.69) is 20.6 Å². The number of aryl methyl sites for hydroxylation is 1. The van der Waals surface area contributed by atoms with Gasteiger partial charge in [0.05, 0.1) is 23.1 Å². The average molecular weight is 390 g/mol. The lowest BCUT2D eigenvalue weighted by atomic mass is 9.91. The number of aromatic nitrogens is 2. The third-order valence-electron chi connectivity index (χ3n) is 4.90. The van der Waals surface area contributed by atoms with Gasteiger partial charge in [0.15, 0.2) is 11.6 Å². The van der Waals surface area contributed by atoms with Crippen LogP contribution in [-0.2, 0) is 6.42 Å². The molecular weight excluding hydrogens is 366 g/mol. The Morgan fingerprint density at radius 1 is 1.21 bits per heavy atom. The SMILES string of the molecule is CCc1ncc(Nc2nc(N[C@@H]3CCCC[C@@H]3N)c(F)cc2C(N)=O)cc1F. The Morgan fingerprint density at radius 2 is 1.96 bits per heavy atom. The van der Waals surface area contributed by atoms with Gasteiger partial charge in [-0.15, -0.1) is 0 Å². The molecular formula is C19H24F2N6O. The molecule has 1 aliphatic carbocycles. The highest BCUT2D eigenvalue weighted by atomic mass is 19.1. The van der Waals surface area contributed by atoms with Crippen molar-refractivity contribution in [2.45, 2.75) is 51.1 Å². The van der Waals surface area contributed by atoms with Crippen LogP contribution < -0.4 is 22.1 Å². The van der Waals surface area contributed by atoms with Crippen LogP contribution in [0.3, 0.4) is 0 Å². The number of pyridine rings is 2. The zero-order valence-electron chi connectivity index (χ0n) is 15.6. The number of halogens is 2. The van der Waals surface area contributed by atoms with E-state index in [4.69, 9.17) is 11.5 Å². The number of anilines is 3. The predicted octanol–water partition coefficient (Wildman–Crippen LogP) is 2.84. The number of primary amides is 1. The monoisotopic (exact) mass is 390 g/mol. The van der Waals surface area contributed by atoms with Gasteiger partial charge in [0.2, 0.25) is 0 Å². The molecule has 9 heteroatoms. The summed E-state index contributed by atoms with van der Waals surface area (Å²) in [7, 11) is 0. The molecule has 1 fully saturated rings. The number of amides is 1. The van der Waals surface area contributed by atoms with Crippen LogP contribution in [0, 0.1) is 11.6 Å². The second-order valence-corrected chi connectivity index (χ2v) is 6.91. The molecule has 1 amide bonds. The maximum atomic E-state index is 14.5. The Morgan fingerprint density at radius 3 is 2.61 bits per heavy atom. The fourth-order valence-corrected chi connectivity index (χ4v) is 3.32. The summed E-state index contributed by atoms with van der Waals surface area (Å²) in [6.07, 6.45) is 5.54. The Kier molecular flexibility index (Phi) is 6.03. The van der Waals surface area contributed by atoms with Gasteiger partial charge in [-0.25, -0.2) is 13.8 Å². The molecule has 1 saturated carbocycles. The second-order valence-electron chi connectivity index (χ2n) is 6.91. The first-order valence-electron chi connectivity index (χ1n) is 9.33. The number of nitrogens with one attached hydrogen (secondary N) is 2. The van der Waals surface area contributed by atoms with Gasteiger partial charge < -0.3 is 22.1 Å². The first kappa shape index (κ1) is 19.9. The van der Waals surface area contributed by atoms with Crippen LogP contribution in [-0.4, -0.2) is 28.0 Å². The van der Waals surface area contributed by atoms with Gasteiger partial charge in [0, 0.05) is 18.2 Å². The van der Waals surface area contributed by atoms with Gasteiger partial charge in [-0.3, -0.25) is 9.78 Å². The lowest BCUT2D eigenvalue weighted by molar-refractivity contribution is 0.100. The van der Waals surface area contributed by atoms with Crippen LogP contribution in [0.15, 0.2) is 18.3 Å². The molecule has 150 valence electrons. The molecule has 1 aliphatic rings. The number of hydrogen-bond acceptors (Lipinski definition) is 6. The van der Waals surface area contributed by atoms with Crippen molar-refractivity contribution in [3.63, 3.8) is 0 Å². The summed E-state index contributed by atoms with van der Waals surface area (Å²) >= 11 is 0. The molecule has 2 aromatic rings. The highest BCUT2D eigenvalue weighted by Crippen LogP contribution is 2.27. The summed E-state index contributed by atoms with van der Waals surface area (Å²) in [6.45, 7) is 1.79. The maximum absolute atomic E-state index is 14.5. The molecule has 2 atom stereocenters. The molecule has 0 unspecified atom stereocenters. The quantitative estimate of drug-likeness (QED) is 0.602.